The van der Waals surface area contributed by atoms with E-state index in [-0.39, 0.29) is 5.91 Å². The predicted octanol–water partition coefficient (Wildman–Crippen LogP) is 3.81. The Hall–Kier alpha value is -3.21. The fourth-order valence-electron chi connectivity index (χ4n) is 2.53. The van der Waals surface area contributed by atoms with Crippen LogP contribution in [0, 0.1) is 13.8 Å². The Morgan fingerprint density at radius 2 is 1.69 bits per heavy atom. The highest BCUT2D eigenvalue weighted by Crippen LogP contribution is 2.17. The van der Waals surface area contributed by atoms with Crippen LogP contribution in [0.1, 0.15) is 27.0 Å². The van der Waals surface area contributed by atoms with E-state index in [2.05, 4.69) is 34.4 Å². The average Bonchev–Trinajstić information content (AvgIpc) is 2.66. The third kappa shape index (κ3) is 4.66. The van der Waals surface area contributed by atoms with E-state index in [9.17, 15) is 4.79 Å². The van der Waals surface area contributed by atoms with Crippen molar-refractivity contribution in [3.05, 3.63) is 83.2 Å². The second-order valence-corrected chi connectivity index (χ2v) is 6.21. The van der Waals surface area contributed by atoms with Gasteiger partial charge >= 0.3 is 0 Å². The van der Waals surface area contributed by atoms with Crippen molar-refractivity contribution in [1.29, 1.82) is 0 Å². The van der Waals surface area contributed by atoms with Gasteiger partial charge in [0.15, 0.2) is 0 Å². The first-order valence-electron chi connectivity index (χ1n) is 8.60. The average molecular weight is 346 g/mol. The van der Waals surface area contributed by atoms with Crippen LogP contribution in [0.5, 0.6) is 0 Å². The second kappa shape index (κ2) is 8.25. The Morgan fingerprint density at radius 3 is 2.38 bits per heavy atom. The van der Waals surface area contributed by atoms with Crippen LogP contribution in [0.2, 0.25) is 0 Å². The summed E-state index contributed by atoms with van der Waals surface area (Å²) in [7, 11) is 0. The lowest BCUT2D eigenvalue weighted by molar-refractivity contribution is 0.0953. The number of hydrogen-bond acceptors (Lipinski definition) is 4. The van der Waals surface area contributed by atoms with Crippen LogP contribution in [-0.4, -0.2) is 22.4 Å². The molecular weight excluding hydrogens is 324 g/mol. The third-order valence-electron chi connectivity index (χ3n) is 4.22. The van der Waals surface area contributed by atoms with E-state index in [1.54, 1.807) is 0 Å². The number of nitrogens with one attached hydrogen (secondary N) is 2. The minimum atomic E-state index is -0.168. The van der Waals surface area contributed by atoms with E-state index in [4.69, 9.17) is 0 Å². The van der Waals surface area contributed by atoms with Gasteiger partial charge in [-0.2, -0.15) is 0 Å². The zero-order chi connectivity index (χ0) is 18.4. The fourth-order valence-corrected chi connectivity index (χ4v) is 2.53. The summed E-state index contributed by atoms with van der Waals surface area (Å²) in [5.41, 5.74) is 5.00. The largest absolute Gasteiger partial charge is 0.352 e. The van der Waals surface area contributed by atoms with Crippen molar-refractivity contribution in [3.63, 3.8) is 0 Å². The Bertz CT molecular complexity index is 876. The van der Waals surface area contributed by atoms with Crippen LogP contribution in [0.4, 0.5) is 11.6 Å². The summed E-state index contributed by atoms with van der Waals surface area (Å²) in [6.45, 7) is 4.70. The predicted molar refractivity (Wildman–Crippen MR) is 104 cm³/mol. The molecule has 0 aliphatic heterocycles. The van der Waals surface area contributed by atoms with Gasteiger partial charge in [-0.3, -0.25) is 4.79 Å². The van der Waals surface area contributed by atoms with E-state index in [0.29, 0.717) is 18.1 Å². The fraction of sp³-hybridized carbons (Fsp3) is 0.190. The van der Waals surface area contributed by atoms with Crippen LogP contribution in [0.3, 0.4) is 0 Å². The number of amides is 1. The molecule has 2 N–H and O–H groups in total. The number of carbonyl (C=O) groups is 1. The number of aryl methyl sites for hydroxylation is 2. The molecule has 3 aromatic rings. The van der Waals surface area contributed by atoms with Gasteiger partial charge in [0, 0.05) is 24.6 Å². The number of benzene rings is 2. The van der Waals surface area contributed by atoms with Gasteiger partial charge < -0.3 is 10.6 Å². The van der Waals surface area contributed by atoms with Gasteiger partial charge in [-0.05, 0) is 49.1 Å². The molecule has 5 heteroatoms. The Labute approximate surface area is 153 Å². The van der Waals surface area contributed by atoms with Crippen LogP contribution in [0.15, 0.2) is 60.9 Å². The molecule has 0 aliphatic rings. The van der Waals surface area contributed by atoms with Gasteiger partial charge in [0.05, 0.1) is 5.56 Å². The molecule has 3 rings (SSSR count). The molecule has 26 heavy (non-hydrogen) atoms. The van der Waals surface area contributed by atoms with Crippen LogP contribution < -0.4 is 10.6 Å². The summed E-state index contributed by atoms with van der Waals surface area (Å²) in [5, 5.41) is 6.04. The molecule has 1 heterocycles. The summed E-state index contributed by atoms with van der Waals surface area (Å²) >= 11 is 0. The Morgan fingerprint density at radius 1 is 0.962 bits per heavy atom. The molecule has 0 atom stereocenters. The highest BCUT2D eigenvalue weighted by atomic mass is 16.1. The lowest BCUT2D eigenvalue weighted by atomic mass is 10.1. The number of rotatable bonds is 6. The molecule has 0 spiro atoms. The highest BCUT2D eigenvalue weighted by molar-refractivity contribution is 5.93. The van der Waals surface area contributed by atoms with E-state index >= 15 is 0 Å². The smallest absolute Gasteiger partial charge is 0.254 e. The van der Waals surface area contributed by atoms with Crippen LogP contribution in [-0.2, 0) is 6.42 Å². The first kappa shape index (κ1) is 17.6. The number of anilines is 2. The van der Waals surface area contributed by atoms with E-state index in [0.717, 1.165) is 12.1 Å². The van der Waals surface area contributed by atoms with Gasteiger partial charge in [0.1, 0.15) is 0 Å². The molecule has 132 valence electrons. The SMILES string of the molecule is Cc1ccc(Nc2ncc(C(=O)NCCc3ccccc3)cn2)cc1C. The molecule has 0 fully saturated rings. The zero-order valence-corrected chi connectivity index (χ0v) is 15.0. The lowest BCUT2D eigenvalue weighted by Gasteiger charge is -2.08. The number of carbonyl (C=O) groups excluding carboxylic acids is 1. The molecule has 1 aromatic heterocycles. The molecule has 0 saturated carbocycles. The summed E-state index contributed by atoms with van der Waals surface area (Å²) in [4.78, 5) is 20.6. The van der Waals surface area contributed by atoms with Crippen molar-refractivity contribution in [1.82, 2.24) is 15.3 Å². The van der Waals surface area contributed by atoms with Crippen molar-refractivity contribution in [3.8, 4) is 0 Å². The number of hydrogen-bond donors (Lipinski definition) is 2. The van der Waals surface area contributed by atoms with Crippen LogP contribution >= 0.6 is 0 Å². The Balaban J connectivity index is 1.54. The molecule has 0 radical (unpaired) electrons. The first-order chi connectivity index (χ1) is 12.6. The summed E-state index contributed by atoms with van der Waals surface area (Å²) in [5.74, 6) is 0.299. The second-order valence-electron chi connectivity index (χ2n) is 6.21. The molecule has 0 saturated heterocycles. The molecule has 5 nitrogen and oxygen atoms in total. The van der Waals surface area contributed by atoms with Crippen molar-refractivity contribution in [2.75, 3.05) is 11.9 Å². The van der Waals surface area contributed by atoms with Gasteiger partial charge in [-0.15, -0.1) is 0 Å². The van der Waals surface area contributed by atoms with E-state index in [1.807, 2.05) is 48.5 Å². The van der Waals surface area contributed by atoms with Gasteiger partial charge in [-0.25, -0.2) is 9.97 Å². The van der Waals surface area contributed by atoms with Crippen molar-refractivity contribution in [2.45, 2.75) is 20.3 Å². The van der Waals surface area contributed by atoms with Crippen molar-refractivity contribution >= 4 is 17.5 Å². The Kier molecular flexibility index (Phi) is 5.59. The maximum Gasteiger partial charge on any atom is 0.254 e. The van der Waals surface area contributed by atoms with Crippen LogP contribution in [0.25, 0.3) is 0 Å². The zero-order valence-electron chi connectivity index (χ0n) is 15.0. The van der Waals surface area contributed by atoms with Crippen molar-refractivity contribution in [2.24, 2.45) is 0 Å². The highest BCUT2D eigenvalue weighted by Gasteiger charge is 2.07. The van der Waals surface area contributed by atoms with E-state index in [1.165, 1.54) is 29.1 Å². The summed E-state index contributed by atoms with van der Waals surface area (Å²) in [6.07, 6.45) is 3.86. The molecule has 2 aromatic carbocycles. The van der Waals surface area contributed by atoms with Crippen molar-refractivity contribution < 1.29 is 4.79 Å². The van der Waals surface area contributed by atoms with Gasteiger partial charge in [0.2, 0.25) is 5.95 Å². The lowest BCUT2D eigenvalue weighted by Crippen LogP contribution is -2.26. The normalized spacial score (nSPS) is 10.4. The standard InChI is InChI=1S/C21H22N4O/c1-15-8-9-19(12-16(15)2)25-21-23-13-18(14-24-21)20(26)22-11-10-17-6-4-3-5-7-17/h3-9,12-14H,10-11H2,1-2H3,(H,22,26)(H,23,24,25). The van der Waals surface area contributed by atoms with Gasteiger partial charge in [0.25, 0.3) is 5.91 Å². The topological polar surface area (TPSA) is 66.9 Å². The number of aromatic nitrogens is 2. The summed E-state index contributed by atoms with van der Waals surface area (Å²) < 4.78 is 0. The maximum atomic E-state index is 12.2. The molecule has 1 amide bonds. The van der Waals surface area contributed by atoms with E-state index < -0.39 is 0 Å². The molecule has 0 bridgehead atoms. The molecular formula is C21H22N4O. The third-order valence-corrected chi connectivity index (χ3v) is 4.22. The minimum absolute atomic E-state index is 0.168. The summed E-state index contributed by atoms with van der Waals surface area (Å²) in [6, 6.07) is 16.1. The quantitative estimate of drug-likeness (QED) is 0.712. The monoisotopic (exact) mass is 346 g/mol. The minimum Gasteiger partial charge on any atom is -0.352 e. The van der Waals surface area contributed by atoms with Gasteiger partial charge in [-0.1, -0.05) is 36.4 Å². The first-order valence-corrected chi connectivity index (χ1v) is 8.60. The number of nitrogens with zero attached hydrogens (tertiary/aromatic N) is 2. The maximum absolute atomic E-state index is 12.2. The molecule has 0 unspecified atom stereocenters. The molecule has 0 aliphatic carbocycles.